The first-order chi connectivity index (χ1) is 9.09. The molecule has 0 saturated heterocycles. The monoisotopic (exact) mass is 259 g/mol. The standard InChI is InChI=1S/C16H18FNO/c1-12(19)14-8-4-6-10-16(14)18(2)11-13-7-3-5-9-15(13)17/h3-10,12,19H,11H2,1-2H3/t12-/m1/s1. The van der Waals surface area contributed by atoms with Crippen molar-refractivity contribution in [2.45, 2.75) is 19.6 Å². The number of hydrogen-bond acceptors (Lipinski definition) is 2. The quantitative estimate of drug-likeness (QED) is 0.908. The van der Waals surface area contributed by atoms with Crippen molar-refractivity contribution in [2.75, 3.05) is 11.9 Å². The van der Waals surface area contributed by atoms with E-state index < -0.39 is 6.10 Å². The van der Waals surface area contributed by atoms with E-state index in [0.717, 1.165) is 11.3 Å². The van der Waals surface area contributed by atoms with Crippen molar-refractivity contribution in [1.29, 1.82) is 0 Å². The molecule has 0 radical (unpaired) electrons. The van der Waals surface area contributed by atoms with Crippen LogP contribution in [0.5, 0.6) is 0 Å². The molecule has 0 aromatic heterocycles. The van der Waals surface area contributed by atoms with Gasteiger partial charge in [-0.3, -0.25) is 0 Å². The maximum Gasteiger partial charge on any atom is 0.128 e. The first-order valence-corrected chi connectivity index (χ1v) is 6.31. The van der Waals surface area contributed by atoms with Gasteiger partial charge in [0, 0.05) is 30.4 Å². The zero-order valence-electron chi connectivity index (χ0n) is 11.2. The summed E-state index contributed by atoms with van der Waals surface area (Å²) in [6, 6.07) is 14.4. The summed E-state index contributed by atoms with van der Waals surface area (Å²) in [7, 11) is 1.90. The summed E-state index contributed by atoms with van der Waals surface area (Å²) < 4.78 is 13.6. The molecule has 0 bridgehead atoms. The average molecular weight is 259 g/mol. The number of hydrogen-bond donors (Lipinski definition) is 1. The molecule has 2 aromatic rings. The predicted molar refractivity (Wildman–Crippen MR) is 75.6 cm³/mol. The van der Waals surface area contributed by atoms with Crippen LogP contribution in [0.25, 0.3) is 0 Å². The van der Waals surface area contributed by atoms with Crippen molar-refractivity contribution in [2.24, 2.45) is 0 Å². The van der Waals surface area contributed by atoms with Crippen molar-refractivity contribution in [1.82, 2.24) is 0 Å². The summed E-state index contributed by atoms with van der Waals surface area (Å²) >= 11 is 0. The van der Waals surface area contributed by atoms with Gasteiger partial charge in [0.2, 0.25) is 0 Å². The van der Waals surface area contributed by atoms with Gasteiger partial charge in [-0.05, 0) is 19.1 Å². The highest BCUT2D eigenvalue weighted by atomic mass is 19.1. The van der Waals surface area contributed by atoms with Crippen LogP contribution in [-0.4, -0.2) is 12.2 Å². The molecule has 1 N–H and O–H groups in total. The van der Waals surface area contributed by atoms with Crippen molar-refractivity contribution in [3.63, 3.8) is 0 Å². The highest BCUT2D eigenvalue weighted by molar-refractivity contribution is 5.54. The Balaban J connectivity index is 2.26. The molecule has 0 aliphatic rings. The Morgan fingerprint density at radius 3 is 2.42 bits per heavy atom. The van der Waals surface area contributed by atoms with Gasteiger partial charge in [-0.15, -0.1) is 0 Å². The van der Waals surface area contributed by atoms with Gasteiger partial charge in [0.1, 0.15) is 5.82 Å². The fraction of sp³-hybridized carbons (Fsp3) is 0.250. The molecule has 0 aliphatic carbocycles. The summed E-state index contributed by atoms with van der Waals surface area (Å²) in [5.41, 5.74) is 2.41. The molecule has 0 unspecified atom stereocenters. The number of para-hydroxylation sites is 1. The SMILES string of the molecule is C[C@@H](O)c1ccccc1N(C)Cc1ccccc1F. The number of aliphatic hydroxyl groups excluding tert-OH is 1. The van der Waals surface area contributed by atoms with E-state index in [0.29, 0.717) is 12.1 Å². The molecule has 100 valence electrons. The number of halogens is 1. The van der Waals surface area contributed by atoms with E-state index in [1.54, 1.807) is 19.1 Å². The molecule has 3 heteroatoms. The second-order valence-corrected chi connectivity index (χ2v) is 4.68. The fourth-order valence-electron chi connectivity index (χ4n) is 2.16. The Kier molecular flexibility index (Phi) is 4.17. The Bertz CT molecular complexity index is 554. The smallest absolute Gasteiger partial charge is 0.128 e. The zero-order valence-corrected chi connectivity index (χ0v) is 11.2. The maximum absolute atomic E-state index is 13.6. The van der Waals surface area contributed by atoms with Gasteiger partial charge in [-0.1, -0.05) is 36.4 Å². The normalized spacial score (nSPS) is 12.2. The first kappa shape index (κ1) is 13.6. The molecular formula is C16H18FNO. The van der Waals surface area contributed by atoms with E-state index in [-0.39, 0.29) is 5.82 Å². The van der Waals surface area contributed by atoms with Crippen LogP contribution in [0.2, 0.25) is 0 Å². The lowest BCUT2D eigenvalue weighted by molar-refractivity contribution is 0.199. The van der Waals surface area contributed by atoms with Crippen LogP contribution in [0.15, 0.2) is 48.5 Å². The molecule has 0 aliphatic heterocycles. The van der Waals surface area contributed by atoms with Crippen molar-refractivity contribution in [3.05, 3.63) is 65.5 Å². The lowest BCUT2D eigenvalue weighted by atomic mass is 10.1. The molecule has 2 rings (SSSR count). The van der Waals surface area contributed by atoms with E-state index in [4.69, 9.17) is 0 Å². The van der Waals surface area contributed by atoms with Crippen LogP contribution in [-0.2, 0) is 6.54 Å². The third-order valence-corrected chi connectivity index (χ3v) is 3.16. The molecule has 1 atom stereocenters. The lowest BCUT2D eigenvalue weighted by Gasteiger charge is -2.23. The van der Waals surface area contributed by atoms with Gasteiger partial charge in [0.15, 0.2) is 0 Å². The number of aliphatic hydroxyl groups is 1. The van der Waals surface area contributed by atoms with Crippen LogP contribution >= 0.6 is 0 Å². The molecule has 2 aromatic carbocycles. The van der Waals surface area contributed by atoms with Gasteiger partial charge < -0.3 is 10.0 Å². The van der Waals surface area contributed by atoms with E-state index in [2.05, 4.69) is 0 Å². The molecule has 0 fully saturated rings. The van der Waals surface area contributed by atoms with Crippen LogP contribution < -0.4 is 4.90 Å². The fourth-order valence-corrected chi connectivity index (χ4v) is 2.16. The van der Waals surface area contributed by atoms with E-state index in [1.807, 2.05) is 42.3 Å². The van der Waals surface area contributed by atoms with Crippen LogP contribution in [0, 0.1) is 5.82 Å². The number of anilines is 1. The Labute approximate surface area is 113 Å². The highest BCUT2D eigenvalue weighted by Crippen LogP contribution is 2.26. The molecule has 19 heavy (non-hydrogen) atoms. The number of rotatable bonds is 4. The third kappa shape index (κ3) is 3.12. The summed E-state index contributed by atoms with van der Waals surface area (Å²) in [4.78, 5) is 1.94. The summed E-state index contributed by atoms with van der Waals surface area (Å²) in [6.45, 7) is 2.20. The maximum atomic E-state index is 13.6. The van der Waals surface area contributed by atoms with Gasteiger partial charge in [-0.25, -0.2) is 4.39 Å². The van der Waals surface area contributed by atoms with Gasteiger partial charge in [0.05, 0.1) is 6.10 Å². The first-order valence-electron chi connectivity index (χ1n) is 6.31. The molecule has 0 amide bonds. The van der Waals surface area contributed by atoms with E-state index in [1.165, 1.54) is 6.07 Å². The summed E-state index contributed by atoms with van der Waals surface area (Å²) in [5, 5.41) is 9.77. The largest absolute Gasteiger partial charge is 0.389 e. The van der Waals surface area contributed by atoms with Gasteiger partial charge >= 0.3 is 0 Å². The third-order valence-electron chi connectivity index (χ3n) is 3.16. The van der Waals surface area contributed by atoms with Gasteiger partial charge in [0.25, 0.3) is 0 Å². The zero-order chi connectivity index (χ0) is 13.8. The topological polar surface area (TPSA) is 23.5 Å². The summed E-state index contributed by atoms with van der Waals surface area (Å²) in [5.74, 6) is -0.205. The molecular weight excluding hydrogens is 241 g/mol. The molecule has 0 saturated carbocycles. The number of nitrogens with zero attached hydrogens (tertiary/aromatic N) is 1. The Hall–Kier alpha value is -1.87. The van der Waals surface area contributed by atoms with Crippen LogP contribution in [0.1, 0.15) is 24.2 Å². The van der Waals surface area contributed by atoms with Gasteiger partial charge in [-0.2, -0.15) is 0 Å². The Morgan fingerprint density at radius 1 is 1.11 bits per heavy atom. The minimum Gasteiger partial charge on any atom is -0.389 e. The van der Waals surface area contributed by atoms with Crippen LogP contribution in [0.4, 0.5) is 10.1 Å². The second-order valence-electron chi connectivity index (χ2n) is 4.68. The predicted octanol–water partition coefficient (Wildman–Crippen LogP) is 3.52. The van der Waals surface area contributed by atoms with E-state index >= 15 is 0 Å². The van der Waals surface area contributed by atoms with Crippen molar-refractivity contribution in [3.8, 4) is 0 Å². The Morgan fingerprint density at radius 2 is 1.74 bits per heavy atom. The molecule has 0 spiro atoms. The summed E-state index contributed by atoms with van der Waals surface area (Å²) in [6.07, 6.45) is -0.542. The molecule has 2 nitrogen and oxygen atoms in total. The van der Waals surface area contributed by atoms with E-state index in [9.17, 15) is 9.50 Å². The number of benzene rings is 2. The highest BCUT2D eigenvalue weighted by Gasteiger charge is 2.12. The lowest BCUT2D eigenvalue weighted by Crippen LogP contribution is -2.19. The minimum atomic E-state index is -0.542. The van der Waals surface area contributed by atoms with Crippen molar-refractivity contribution < 1.29 is 9.50 Å². The second kappa shape index (κ2) is 5.85. The van der Waals surface area contributed by atoms with Crippen molar-refractivity contribution >= 4 is 5.69 Å². The minimum absolute atomic E-state index is 0.205. The molecule has 0 heterocycles. The average Bonchev–Trinajstić information content (AvgIpc) is 2.41. The van der Waals surface area contributed by atoms with Crippen LogP contribution in [0.3, 0.4) is 0 Å².